The highest BCUT2D eigenvalue weighted by atomic mass is 16.4. The number of nitrogens with zero attached hydrogens (tertiary/aromatic N) is 2. The number of carboxylic acids is 1. The molecule has 1 heterocycles. The SMILES string of the molecule is CCCCn1nc(-c2ccccc2)c(CC(=O)O)c1-c1ccccc1. The van der Waals surface area contributed by atoms with Gasteiger partial charge in [0.05, 0.1) is 17.8 Å². The van der Waals surface area contributed by atoms with E-state index in [1.54, 1.807) is 0 Å². The average molecular weight is 334 g/mol. The van der Waals surface area contributed by atoms with Crippen LogP contribution in [0, 0.1) is 0 Å². The number of aryl methyl sites for hydroxylation is 1. The molecular formula is C21H22N2O2. The first-order valence-corrected chi connectivity index (χ1v) is 8.63. The van der Waals surface area contributed by atoms with E-state index in [2.05, 4.69) is 6.92 Å². The van der Waals surface area contributed by atoms with Crippen molar-refractivity contribution in [2.24, 2.45) is 0 Å². The van der Waals surface area contributed by atoms with Crippen molar-refractivity contribution in [1.82, 2.24) is 9.78 Å². The number of rotatable bonds is 7. The molecule has 0 saturated heterocycles. The van der Waals surface area contributed by atoms with Gasteiger partial charge >= 0.3 is 5.97 Å². The van der Waals surface area contributed by atoms with Gasteiger partial charge < -0.3 is 5.11 Å². The fraction of sp³-hybridized carbons (Fsp3) is 0.238. The molecule has 3 aromatic rings. The van der Waals surface area contributed by atoms with Gasteiger partial charge in [-0.3, -0.25) is 9.48 Å². The number of carbonyl (C=O) groups is 1. The fourth-order valence-corrected chi connectivity index (χ4v) is 3.03. The number of hydrogen-bond acceptors (Lipinski definition) is 2. The summed E-state index contributed by atoms with van der Waals surface area (Å²) in [6.07, 6.45) is 2.02. The average Bonchev–Trinajstić information content (AvgIpc) is 2.99. The Morgan fingerprint density at radius 2 is 1.60 bits per heavy atom. The zero-order valence-corrected chi connectivity index (χ0v) is 14.4. The van der Waals surface area contributed by atoms with Gasteiger partial charge in [0.25, 0.3) is 0 Å². The number of unbranched alkanes of at least 4 members (excludes halogenated alkanes) is 1. The van der Waals surface area contributed by atoms with E-state index in [4.69, 9.17) is 5.10 Å². The molecule has 0 bridgehead atoms. The second-order valence-corrected chi connectivity index (χ2v) is 6.06. The Hall–Kier alpha value is -2.88. The standard InChI is InChI=1S/C21H22N2O2/c1-2-3-14-23-21(17-12-8-5-9-13-17)18(15-19(24)25)20(22-23)16-10-6-4-7-11-16/h4-13H,2-3,14-15H2,1H3,(H,24,25). The molecule has 1 N–H and O–H groups in total. The first-order valence-electron chi connectivity index (χ1n) is 8.63. The molecule has 0 aliphatic carbocycles. The Bertz CT molecular complexity index is 839. The molecule has 0 fully saturated rings. The van der Waals surface area contributed by atoms with Crippen LogP contribution in [0.1, 0.15) is 25.3 Å². The number of aromatic nitrogens is 2. The van der Waals surface area contributed by atoms with Crippen molar-refractivity contribution in [3.63, 3.8) is 0 Å². The van der Waals surface area contributed by atoms with E-state index in [0.29, 0.717) is 0 Å². The third-order valence-electron chi connectivity index (χ3n) is 4.20. The molecule has 0 aliphatic rings. The zero-order chi connectivity index (χ0) is 17.6. The smallest absolute Gasteiger partial charge is 0.307 e. The van der Waals surface area contributed by atoms with E-state index in [1.807, 2.05) is 65.3 Å². The van der Waals surface area contributed by atoms with Gasteiger partial charge in [0.1, 0.15) is 0 Å². The van der Waals surface area contributed by atoms with Crippen LogP contribution in [-0.2, 0) is 17.8 Å². The Labute approximate surface area is 147 Å². The van der Waals surface area contributed by atoms with Gasteiger partial charge in [-0.05, 0) is 6.42 Å². The van der Waals surface area contributed by atoms with Crippen molar-refractivity contribution in [1.29, 1.82) is 0 Å². The number of carboxylic acid groups (broad SMARTS) is 1. The summed E-state index contributed by atoms with van der Waals surface area (Å²) < 4.78 is 1.97. The molecule has 0 saturated carbocycles. The number of aliphatic carboxylic acids is 1. The van der Waals surface area contributed by atoms with Crippen molar-refractivity contribution in [3.8, 4) is 22.5 Å². The minimum atomic E-state index is -0.843. The summed E-state index contributed by atoms with van der Waals surface area (Å²) in [5, 5.41) is 14.3. The fourth-order valence-electron chi connectivity index (χ4n) is 3.03. The highest BCUT2D eigenvalue weighted by Crippen LogP contribution is 2.33. The molecule has 2 aromatic carbocycles. The largest absolute Gasteiger partial charge is 0.481 e. The third-order valence-corrected chi connectivity index (χ3v) is 4.20. The van der Waals surface area contributed by atoms with Gasteiger partial charge in [-0.15, -0.1) is 0 Å². The van der Waals surface area contributed by atoms with Crippen LogP contribution < -0.4 is 0 Å². The molecule has 0 amide bonds. The van der Waals surface area contributed by atoms with E-state index in [1.165, 1.54) is 0 Å². The molecule has 4 nitrogen and oxygen atoms in total. The quantitative estimate of drug-likeness (QED) is 0.684. The summed E-state index contributed by atoms with van der Waals surface area (Å²) >= 11 is 0. The second kappa shape index (κ2) is 7.79. The first kappa shape index (κ1) is 17.0. The molecule has 0 aliphatic heterocycles. The normalized spacial score (nSPS) is 10.8. The summed E-state index contributed by atoms with van der Waals surface area (Å²) in [6, 6.07) is 19.7. The molecular weight excluding hydrogens is 312 g/mol. The minimum Gasteiger partial charge on any atom is -0.481 e. The third kappa shape index (κ3) is 3.79. The number of hydrogen-bond donors (Lipinski definition) is 1. The van der Waals surface area contributed by atoms with Gasteiger partial charge in [0.2, 0.25) is 0 Å². The summed E-state index contributed by atoms with van der Waals surface area (Å²) in [4.78, 5) is 11.5. The van der Waals surface area contributed by atoms with Gasteiger partial charge in [0.15, 0.2) is 0 Å². The van der Waals surface area contributed by atoms with Crippen LogP contribution in [0.3, 0.4) is 0 Å². The molecule has 0 unspecified atom stereocenters. The maximum absolute atomic E-state index is 11.5. The van der Waals surface area contributed by atoms with E-state index in [0.717, 1.165) is 47.5 Å². The molecule has 0 radical (unpaired) electrons. The van der Waals surface area contributed by atoms with E-state index in [9.17, 15) is 9.90 Å². The van der Waals surface area contributed by atoms with Crippen molar-refractivity contribution in [2.45, 2.75) is 32.7 Å². The van der Waals surface area contributed by atoms with Crippen molar-refractivity contribution in [3.05, 3.63) is 66.2 Å². The lowest BCUT2D eigenvalue weighted by atomic mass is 9.99. The summed E-state index contributed by atoms with van der Waals surface area (Å²) in [6.45, 7) is 2.92. The van der Waals surface area contributed by atoms with Crippen LogP contribution in [0.2, 0.25) is 0 Å². The lowest BCUT2D eigenvalue weighted by molar-refractivity contribution is -0.136. The summed E-state index contributed by atoms with van der Waals surface area (Å²) in [5.41, 5.74) is 4.41. The second-order valence-electron chi connectivity index (χ2n) is 6.06. The molecule has 25 heavy (non-hydrogen) atoms. The van der Waals surface area contributed by atoms with E-state index < -0.39 is 5.97 Å². The molecule has 1 aromatic heterocycles. The van der Waals surface area contributed by atoms with Gasteiger partial charge in [-0.1, -0.05) is 74.0 Å². The van der Waals surface area contributed by atoms with Crippen LogP contribution in [0.15, 0.2) is 60.7 Å². The Morgan fingerprint density at radius 3 is 2.16 bits per heavy atom. The van der Waals surface area contributed by atoms with Crippen LogP contribution in [0.25, 0.3) is 22.5 Å². The zero-order valence-electron chi connectivity index (χ0n) is 14.4. The van der Waals surface area contributed by atoms with Crippen molar-refractivity contribution in [2.75, 3.05) is 0 Å². The molecule has 3 rings (SSSR count). The van der Waals surface area contributed by atoms with E-state index >= 15 is 0 Å². The van der Waals surface area contributed by atoms with Crippen LogP contribution in [0.5, 0.6) is 0 Å². The van der Waals surface area contributed by atoms with E-state index in [-0.39, 0.29) is 6.42 Å². The van der Waals surface area contributed by atoms with Crippen LogP contribution >= 0.6 is 0 Å². The monoisotopic (exact) mass is 334 g/mol. The highest BCUT2D eigenvalue weighted by Gasteiger charge is 2.22. The Morgan fingerprint density at radius 1 is 1.00 bits per heavy atom. The van der Waals surface area contributed by atoms with Crippen molar-refractivity contribution < 1.29 is 9.90 Å². The Kier molecular flexibility index (Phi) is 5.29. The first-order chi connectivity index (χ1) is 12.2. The van der Waals surface area contributed by atoms with Gasteiger partial charge in [0, 0.05) is 23.2 Å². The predicted molar refractivity (Wildman–Crippen MR) is 99.3 cm³/mol. The molecule has 128 valence electrons. The molecule has 0 spiro atoms. The topological polar surface area (TPSA) is 55.1 Å². The minimum absolute atomic E-state index is 0.0411. The maximum atomic E-state index is 11.5. The Balaban J connectivity index is 2.21. The van der Waals surface area contributed by atoms with Gasteiger partial charge in [-0.2, -0.15) is 5.10 Å². The van der Waals surface area contributed by atoms with Crippen LogP contribution in [0.4, 0.5) is 0 Å². The summed E-state index contributed by atoms with van der Waals surface area (Å²) in [5.74, 6) is -0.843. The lowest BCUT2D eigenvalue weighted by Gasteiger charge is -2.09. The number of benzene rings is 2. The molecule has 0 atom stereocenters. The van der Waals surface area contributed by atoms with Crippen LogP contribution in [-0.4, -0.2) is 20.9 Å². The molecule has 4 heteroatoms. The highest BCUT2D eigenvalue weighted by molar-refractivity contribution is 5.81. The van der Waals surface area contributed by atoms with Gasteiger partial charge in [-0.25, -0.2) is 0 Å². The summed E-state index contributed by atoms with van der Waals surface area (Å²) in [7, 11) is 0. The van der Waals surface area contributed by atoms with Crippen molar-refractivity contribution >= 4 is 5.97 Å². The maximum Gasteiger partial charge on any atom is 0.307 e. The lowest BCUT2D eigenvalue weighted by Crippen LogP contribution is -2.05. The predicted octanol–water partition coefficient (Wildman–Crippen LogP) is 4.64.